The van der Waals surface area contributed by atoms with Crippen molar-refractivity contribution >= 4 is 22.1 Å². The summed E-state index contributed by atoms with van der Waals surface area (Å²) >= 11 is 0. The zero-order chi connectivity index (χ0) is 8.43. The quantitative estimate of drug-likeness (QED) is 0.405. The number of nitrogens with two attached hydrogens (primary N) is 2. The van der Waals surface area contributed by atoms with E-state index in [0.717, 1.165) is 0 Å². The average molecular weight is 172 g/mol. The van der Waals surface area contributed by atoms with E-state index >= 15 is 0 Å². The molecule has 0 aliphatic carbocycles. The van der Waals surface area contributed by atoms with Crippen LogP contribution in [0.2, 0.25) is 0 Å². The van der Waals surface area contributed by atoms with Gasteiger partial charge in [-0.1, -0.05) is 0 Å². The molecular formula is C6H8N2O2S. The molecule has 0 heterocycles. The molecule has 0 saturated heterocycles. The van der Waals surface area contributed by atoms with E-state index in [4.69, 9.17) is 11.5 Å². The van der Waals surface area contributed by atoms with Crippen LogP contribution < -0.4 is 11.5 Å². The molecule has 0 atom stereocenters. The fourth-order valence-corrected chi connectivity index (χ4v) is 1.21. The van der Waals surface area contributed by atoms with E-state index in [1.54, 1.807) is 0 Å². The van der Waals surface area contributed by atoms with Crippen molar-refractivity contribution in [3.63, 3.8) is 0 Å². The SMILES string of the molecule is Nc1ccc([SH](=O)=O)c(N)c1. The van der Waals surface area contributed by atoms with Crippen LogP contribution in [0, 0.1) is 0 Å². The van der Waals surface area contributed by atoms with Crippen LogP contribution >= 0.6 is 0 Å². The monoisotopic (exact) mass is 172 g/mol. The maximum absolute atomic E-state index is 10.4. The van der Waals surface area contributed by atoms with Gasteiger partial charge < -0.3 is 11.5 Å². The Morgan fingerprint density at radius 3 is 2.27 bits per heavy atom. The van der Waals surface area contributed by atoms with Crippen molar-refractivity contribution in [2.45, 2.75) is 4.90 Å². The molecular weight excluding hydrogens is 164 g/mol. The molecule has 0 aliphatic heterocycles. The Bertz CT molecular complexity index is 338. The van der Waals surface area contributed by atoms with Gasteiger partial charge in [-0.2, -0.15) is 0 Å². The van der Waals surface area contributed by atoms with Crippen molar-refractivity contribution in [1.82, 2.24) is 0 Å². The zero-order valence-electron chi connectivity index (χ0n) is 5.65. The van der Waals surface area contributed by atoms with Crippen molar-refractivity contribution in [1.29, 1.82) is 0 Å². The second kappa shape index (κ2) is 2.79. The minimum Gasteiger partial charge on any atom is -0.399 e. The van der Waals surface area contributed by atoms with E-state index in [2.05, 4.69) is 0 Å². The molecule has 1 rings (SSSR count). The molecule has 1 aromatic carbocycles. The summed E-state index contributed by atoms with van der Waals surface area (Å²) in [5.74, 6) is 0. The topological polar surface area (TPSA) is 86.2 Å². The van der Waals surface area contributed by atoms with E-state index in [9.17, 15) is 8.42 Å². The van der Waals surface area contributed by atoms with Crippen molar-refractivity contribution in [2.75, 3.05) is 11.5 Å². The predicted molar refractivity (Wildman–Crippen MR) is 43.8 cm³/mol. The molecule has 4 nitrogen and oxygen atoms in total. The van der Waals surface area contributed by atoms with Crippen LogP contribution in [0.5, 0.6) is 0 Å². The lowest BCUT2D eigenvalue weighted by Gasteiger charge is -1.98. The van der Waals surface area contributed by atoms with Crippen molar-refractivity contribution in [3.05, 3.63) is 18.2 Å². The summed E-state index contributed by atoms with van der Waals surface area (Å²) in [6.45, 7) is 0. The number of nitrogen functional groups attached to an aromatic ring is 2. The van der Waals surface area contributed by atoms with E-state index in [0.29, 0.717) is 5.69 Å². The maximum Gasteiger partial charge on any atom is 0.170 e. The zero-order valence-corrected chi connectivity index (χ0v) is 6.54. The molecule has 0 amide bonds. The minimum atomic E-state index is -2.61. The van der Waals surface area contributed by atoms with Crippen LogP contribution in [0.15, 0.2) is 23.1 Å². The van der Waals surface area contributed by atoms with Crippen LogP contribution in [-0.4, -0.2) is 8.42 Å². The van der Waals surface area contributed by atoms with Gasteiger partial charge in [0.25, 0.3) is 0 Å². The molecule has 0 radical (unpaired) electrons. The Hall–Kier alpha value is -1.23. The smallest absolute Gasteiger partial charge is 0.170 e. The van der Waals surface area contributed by atoms with Gasteiger partial charge in [-0.15, -0.1) is 0 Å². The lowest BCUT2D eigenvalue weighted by atomic mass is 10.3. The van der Waals surface area contributed by atoms with E-state index in [-0.39, 0.29) is 10.6 Å². The molecule has 0 aromatic heterocycles. The molecule has 1 aromatic rings. The first-order valence-electron chi connectivity index (χ1n) is 2.90. The third-order valence-corrected chi connectivity index (χ3v) is 2.05. The number of rotatable bonds is 1. The Morgan fingerprint density at radius 2 is 1.82 bits per heavy atom. The molecule has 11 heavy (non-hydrogen) atoms. The second-order valence-corrected chi connectivity index (χ2v) is 3.07. The Morgan fingerprint density at radius 1 is 1.18 bits per heavy atom. The van der Waals surface area contributed by atoms with Crippen LogP contribution in [0.4, 0.5) is 11.4 Å². The summed E-state index contributed by atoms with van der Waals surface area (Å²) in [4.78, 5) is 0.120. The fourth-order valence-electron chi connectivity index (χ4n) is 0.739. The molecule has 0 spiro atoms. The summed E-state index contributed by atoms with van der Waals surface area (Å²) in [5, 5.41) is 0. The number of benzene rings is 1. The highest BCUT2D eigenvalue weighted by atomic mass is 32.2. The van der Waals surface area contributed by atoms with Gasteiger partial charge in [0.1, 0.15) is 0 Å². The van der Waals surface area contributed by atoms with Crippen molar-refractivity contribution in [3.8, 4) is 0 Å². The Balaban J connectivity index is 3.31. The molecule has 0 bridgehead atoms. The van der Waals surface area contributed by atoms with Crippen molar-refractivity contribution in [2.24, 2.45) is 0 Å². The van der Waals surface area contributed by atoms with E-state index in [1.807, 2.05) is 0 Å². The highest BCUT2D eigenvalue weighted by Gasteiger charge is 1.99. The first kappa shape index (κ1) is 7.87. The average Bonchev–Trinajstić information content (AvgIpc) is 1.85. The molecule has 0 aliphatic rings. The molecule has 5 heteroatoms. The lowest BCUT2D eigenvalue weighted by Crippen LogP contribution is -1.94. The lowest BCUT2D eigenvalue weighted by molar-refractivity contribution is 0.615. The van der Waals surface area contributed by atoms with Gasteiger partial charge in [0.05, 0.1) is 10.6 Å². The number of anilines is 2. The van der Waals surface area contributed by atoms with Crippen LogP contribution in [0.1, 0.15) is 0 Å². The molecule has 0 fully saturated rings. The van der Waals surface area contributed by atoms with E-state index < -0.39 is 10.7 Å². The normalized spacial score (nSPS) is 10.3. The molecule has 0 unspecified atom stereocenters. The second-order valence-electron chi connectivity index (χ2n) is 2.08. The summed E-state index contributed by atoms with van der Waals surface area (Å²) in [6.07, 6.45) is 0. The first-order chi connectivity index (χ1) is 5.11. The third kappa shape index (κ3) is 1.62. The molecule has 4 N–H and O–H groups in total. The summed E-state index contributed by atoms with van der Waals surface area (Å²) in [7, 11) is -2.61. The Kier molecular flexibility index (Phi) is 2.00. The van der Waals surface area contributed by atoms with Crippen LogP contribution in [0.3, 0.4) is 0 Å². The predicted octanol–water partition coefficient (Wildman–Crippen LogP) is -0.179. The first-order valence-corrected chi connectivity index (χ1v) is 4.08. The number of thiol groups is 1. The van der Waals surface area contributed by atoms with Crippen molar-refractivity contribution < 1.29 is 8.42 Å². The van der Waals surface area contributed by atoms with Gasteiger partial charge in [-0.3, -0.25) is 0 Å². The van der Waals surface area contributed by atoms with Gasteiger partial charge >= 0.3 is 0 Å². The third-order valence-electron chi connectivity index (χ3n) is 1.25. The van der Waals surface area contributed by atoms with E-state index in [1.165, 1.54) is 18.2 Å². The fraction of sp³-hybridized carbons (Fsp3) is 0. The largest absolute Gasteiger partial charge is 0.399 e. The van der Waals surface area contributed by atoms with Gasteiger partial charge in [-0.05, 0) is 18.2 Å². The standard InChI is InChI=1S/C6H8N2O2S/c7-4-1-2-6(11(9)10)5(8)3-4/h1-3,11H,7-8H2. The number of hydrogen-bond donors (Lipinski definition) is 3. The van der Waals surface area contributed by atoms with Gasteiger partial charge in [0.15, 0.2) is 10.7 Å². The molecule has 0 saturated carbocycles. The van der Waals surface area contributed by atoms with Crippen LogP contribution in [-0.2, 0) is 10.7 Å². The highest BCUT2D eigenvalue weighted by Crippen LogP contribution is 2.16. The summed E-state index contributed by atoms with van der Waals surface area (Å²) < 4.78 is 20.9. The highest BCUT2D eigenvalue weighted by molar-refractivity contribution is 7.72. The molecule has 60 valence electrons. The van der Waals surface area contributed by atoms with Gasteiger partial charge in [-0.25, -0.2) is 8.42 Å². The Labute approximate surface area is 65.8 Å². The number of hydrogen-bond acceptors (Lipinski definition) is 4. The minimum absolute atomic E-state index is 0.120. The van der Waals surface area contributed by atoms with Gasteiger partial charge in [0.2, 0.25) is 0 Å². The van der Waals surface area contributed by atoms with Gasteiger partial charge in [0, 0.05) is 5.69 Å². The maximum atomic E-state index is 10.4. The van der Waals surface area contributed by atoms with Crippen LogP contribution in [0.25, 0.3) is 0 Å². The summed E-state index contributed by atoms with van der Waals surface area (Å²) in [6, 6.07) is 4.30. The summed E-state index contributed by atoms with van der Waals surface area (Å²) in [5.41, 5.74) is 11.4.